The summed E-state index contributed by atoms with van der Waals surface area (Å²) in [5.41, 5.74) is 4.47. The molecule has 1 heterocycles. The summed E-state index contributed by atoms with van der Waals surface area (Å²) in [6.07, 6.45) is 6.23. The van der Waals surface area contributed by atoms with Gasteiger partial charge in [-0.05, 0) is 48.6 Å². The SMILES string of the molecule is COc1ccc(-c2ccc(C(C)=O)cc2)cc1[C@H]1[C@@H]2C=CCC[C@@]2(C)C(=O)N1Cc1ccccc1. The summed E-state index contributed by atoms with van der Waals surface area (Å²) in [5, 5.41) is 0. The largest absolute Gasteiger partial charge is 0.496 e. The minimum atomic E-state index is -0.432. The van der Waals surface area contributed by atoms with Gasteiger partial charge in [-0.15, -0.1) is 0 Å². The molecule has 3 aromatic rings. The zero-order chi connectivity index (χ0) is 24.6. The normalized spacial score (nSPS) is 23.3. The minimum absolute atomic E-state index is 0.0522. The summed E-state index contributed by atoms with van der Waals surface area (Å²) in [6.45, 7) is 4.26. The van der Waals surface area contributed by atoms with Crippen molar-refractivity contribution in [2.45, 2.75) is 39.3 Å². The number of hydrogen-bond donors (Lipinski definition) is 0. The Labute approximate surface area is 207 Å². The molecule has 1 saturated heterocycles. The fourth-order valence-electron chi connectivity index (χ4n) is 5.71. The van der Waals surface area contributed by atoms with E-state index in [4.69, 9.17) is 4.74 Å². The van der Waals surface area contributed by atoms with Crippen LogP contribution in [-0.2, 0) is 11.3 Å². The van der Waals surface area contributed by atoms with Gasteiger partial charge >= 0.3 is 0 Å². The van der Waals surface area contributed by atoms with Gasteiger partial charge in [-0.2, -0.15) is 0 Å². The third-order valence-corrected chi connectivity index (χ3v) is 7.70. The molecule has 2 aliphatic rings. The van der Waals surface area contributed by atoms with Gasteiger partial charge in [-0.3, -0.25) is 9.59 Å². The summed E-state index contributed by atoms with van der Waals surface area (Å²) in [5.74, 6) is 1.11. The van der Waals surface area contributed by atoms with Gasteiger partial charge in [-0.25, -0.2) is 0 Å². The molecule has 4 nitrogen and oxygen atoms in total. The molecule has 3 atom stereocenters. The van der Waals surface area contributed by atoms with Crippen LogP contribution in [0.4, 0.5) is 0 Å². The van der Waals surface area contributed by atoms with Crippen LogP contribution in [0.15, 0.2) is 84.9 Å². The molecule has 0 bridgehead atoms. The molecule has 0 spiro atoms. The summed E-state index contributed by atoms with van der Waals surface area (Å²) >= 11 is 0. The highest BCUT2D eigenvalue weighted by Gasteiger charge is 2.56. The van der Waals surface area contributed by atoms with Crippen molar-refractivity contribution in [1.82, 2.24) is 4.90 Å². The Morgan fingerprint density at radius 2 is 1.74 bits per heavy atom. The number of amides is 1. The maximum Gasteiger partial charge on any atom is 0.230 e. The molecule has 1 amide bonds. The molecule has 0 radical (unpaired) electrons. The monoisotopic (exact) mass is 465 g/mol. The molecule has 1 fully saturated rings. The quantitative estimate of drug-likeness (QED) is 0.304. The second kappa shape index (κ2) is 9.18. The lowest BCUT2D eigenvalue weighted by Gasteiger charge is -2.32. The predicted octanol–water partition coefficient (Wildman–Crippen LogP) is 6.62. The highest BCUT2D eigenvalue weighted by atomic mass is 16.5. The fraction of sp³-hybridized carbons (Fsp3) is 0.290. The standard InChI is InChI=1S/C31H31NO3/c1-21(33)23-12-14-24(15-13-23)25-16-17-28(35-3)26(19-25)29-27-11-7-8-18-31(27,2)30(34)32(29)20-22-9-5-4-6-10-22/h4-7,9-17,19,27,29H,8,18,20H2,1-3H3/t27-,29-,31+/m0/s1. The van der Waals surface area contributed by atoms with Crippen LogP contribution in [0.2, 0.25) is 0 Å². The number of rotatable bonds is 6. The number of carbonyl (C=O) groups is 2. The first kappa shape index (κ1) is 23.1. The van der Waals surface area contributed by atoms with Crippen LogP contribution < -0.4 is 4.74 Å². The van der Waals surface area contributed by atoms with Crippen LogP contribution >= 0.6 is 0 Å². The fourth-order valence-corrected chi connectivity index (χ4v) is 5.71. The number of nitrogens with zero attached hydrogens (tertiary/aromatic N) is 1. The van der Waals surface area contributed by atoms with Gasteiger partial charge in [0.2, 0.25) is 5.91 Å². The van der Waals surface area contributed by atoms with Gasteiger partial charge in [0.05, 0.1) is 18.6 Å². The van der Waals surface area contributed by atoms with E-state index in [1.165, 1.54) is 0 Å². The maximum absolute atomic E-state index is 13.9. The molecule has 0 unspecified atom stereocenters. The number of benzene rings is 3. The van der Waals surface area contributed by atoms with E-state index < -0.39 is 5.41 Å². The molecule has 35 heavy (non-hydrogen) atoms. The smallest absolute Gasteiger partial charge is 0.230 e. The number of fused-ring (bicyclic) bond motifs is 1. The van der Waals surface area contributed by atoms with Gasteiger partial charge in [0.1, 0.15) is 5.75 Å². The Hall–Kier alpha value is -3.66. The van der Waals surface area contributed by atoms with Crippen LogP contribution in [0.5, 0.6) is 5.75 Å². The molecular formula is C31H31NO3. The van der Waals surface area contributed by atoms with E-state index in [1.54, 1.807) is 14.0 Å². The van der Waals surface area contributed by atoms with E-state index in [0.717, 1.165) is 40.8 Å². The Bertz CT molecular complexity index is 1280. The highest BCUT2D eigenvalue weighted by Crippen LogP contribution is 2.56. The summed E-state index contributed by atoms with van der Waals surface area (Å²) in [7, 11) is 1.69. The van der Waals surface area contributed by atoms with Crippen LogP contribution in [0, 0.1) is 11.3 Å². The first-order chi connectivity index (χ1) is 16.9. The lowest BCUT2D eigenvalue weighted by Crippen LogP contribution is -2.34. The lowest BCUT2D eigenvalue weighted by atomic mass is 9.69. The molecule has 1 aliphatic carbocycles. The van der Waals surface area contributed by atoms with Crippen LogP contribution in [-0.4, -0.2) is 23.7 Å². The van der Waals surface area contributed by atoms with Gasteiger partial charge in [-0.1, -0.05) is 79.7 Å². The molecule has 5 rings (SSSR count). The van der Waals surface area contributed by atoms with E-state index in [0.29, 0.717) is 12.1 Å². The number of ether oxygens (including phenoxy) is 1. The minimum Gasteiger partial charge on any atom is -0.496 e. The van der Waals surface area contributed by atoms with Crippen molar-refractivity contribution in [3.63, 3.8) is 0 Å². The number of hydrogen-bond acceptors (Lipinski definition) is 3. The van der Waals surface area contributed by atoms with Crippen molar-refractivity contribution < 1.29 is 14.3 Å². The predicted molar refractivity (Wildman–Crippen MR) is 138 cm³/mol. The summed E-state index contributed by atoms with van der Waals surface area (Å²) < 4.78 is 5.84. The van der Waals surface area contributed by atoms with E-state index in [9.17, 15) is 9.59 Å². The van der Waals surface area contributed by atoms with E-state index in [2.05, 4.69) is 42.2 Å². The number of carbonyl (C=O) groups excluding carboxylic acids is 2. The van der Waals surface area contributed by atoms with Crippen LogP contribution in [0.1, 0.15) is 54.2 Å². The summed E-state index contributed by atoms with van der Waals surface area (Å²) in [4.78, 5) is 27.7. The lowest BCUT2D eigenvalue weighted by molar-refractivity contribution is -0.137. The zero-order valence-corrected chi connectivity index (χ0v) is 20.5. The molecule has 0 saturated carbocycles. The Kier molecular flexibility index (Phi) is 6.06. The molecule has 1 aliphatic heterocycles. The van der Waals surface area contributed by atoms with Crippen LogP contribution in [0.3, 0.4) is 0 Å². The van der Waals surface area contributed by atoms with E-state index in [-0.39, 0.29) is 23.7 Å². The topological polar surface area (TPSA) is 46.6 Å². The summed E-state index contributed by atoms with van der Waals surface area (Å²) in [6, 6.07) is 24.0. The van der Waals surface area contributed by atoms with E-state index >= 15 is 0 Å². The Morgan fingerprint density at radius 3 is 2.43 bits per heavy atom. The van der Waals surface area contributed by atoms with Gasteiger partial charge < -0.3 is 9.64 Å². The van der Waals surface area contributed by atoms with Crippen molar-refractivity contribution in [3.8, 4) is 16.9 Å². The Morgan fingerprint density at radius 1 is 1.03 bits per heavy atom. The second-order valence-corrected chi connectivity index (χ2v) is 9.86. The molecular weight excluding hydrogens is 434 g/mol. The van der Waals surface area contributed by atoms with E-state index in [1.807, 2.05) is 54.6 Å². The van der Waals surface area contributed by atoms with Crippen molar-refractivity contribution >= 4 is 11.7 Å². The molecule has 0 aromatic heterocycles. The van der Waals surface area contributed by atoms with Gasteiger partial charge in [0.15, 0.2) is 5.78 Å². The van der Waals surface area contributed by atoms with Crippen molar-refractivity contribution in [1.29, 1.82) is 0 Å². The first-order valence-electron chi connectivity index (χ1n) is 12.2. The number of allylic oxidation sites excluding steroid dienone is 1. The van der Waals surface area contributed by atoms with Crippen molar-refractivity contribution in [2.75, 3.05) is 7.11 Å². The average molecular weight is 466 g/mol. The van der Waals surface area contributed by atoms with Crippen molar-refractivity contribution in [2.24, 2.45) is 11.3 Å². The molecule has 0 N–H and O–H groups in total. The molecule has 3 aromatic carbocycles. The second-order valence-electron chi connectivity index (χ2n) is 9.86. The van der Waals surface area contributed by atoms with Gasteiger partial charge in [0.25, 0.3) is 0 Å². The third-order valence-electron chi connectivity index (χ3n) is 7.70. The number of likely N-dealkylation sites (tertiary alicyclic amines) is 1. The zero-order valence-electron chi connectivity index (χ0n) is 20.5. The van der Waals surface area contributed by atoms with Crippen LogP contribution in [0.25, 0.3) is 11.1 Å². The first-order valence-corrected chi connectivity index (χ1v) is 12.2. The number of Topliss-reactive ketones (excluding diaryl/α,β-unsaturated/α-hetero) is 1. The van der Waals surface area contributed by atoms with Gasteiger partial charge in [0, 0.05) is 23.6 Å². The number of ketones is 1. The maximum atomic E-state index is 13.9. The molecule has 178 valence electrons. The molecule has 4 heteroatoms. The highest BCUT2D eigenvalue weighted by molar-refractivity contribution is 5.94. The van der Waals surface area contributed by atoms with Crippen molar-refractivity contribution in [3.05, 3.63) is 102 Å². The number of methoxy groups -OCH3 is 1. The third kappa shape index (κ3) is 4.07. The average Bonchev–Trinajstić information content (AvgIpc) is 3.10. The Balaban J connectivity index is 1.62.